The van der Waals surface area contributed by atoms with Crippen LogP contribution in [0.2, 0.25) is 0 Å². The third-order valence-corrected chi connectivity index (χ3v) is 3.45. The Bertz CT molecular complexity index is 407. The minimum absolute atomic E-state index is 0.00769. The van der Waals surface area contributed by atoms with Crippen molar-refractivity contribution in [2.24, 2.45) is 0 Å². The molecule has 5 nitrogen and oxygen atoms in total. The highest BCUT2D eigenvalue weighted by Crippen LogP contribution is 2.14. The van der Waals surface area contributed by atoms with Crippen LogP contribution in [0.15, 0.2) is 18.6 Å². The Kier molecular flexibility index (Phi) is 3.91. The zero-order valence-electron chi connectivity index (χ0n) is 11.2. The molecular weight excluding hydrogens is 228 g/mol. The summed E-state index contributed by atoms with van der Waals surface area (Å²) in [4.78, 5) is 24.5. The predicted octanol–water partition coefficient (Wildman–Crippen LogP) is 1.03. The maximum atomic E-state index is 12.3. The number of amides is 1. The summed E-state index contributed by atoms with van der Waals surface area (Å²) >= 11 is 0. The lowest BCUT2D eigenvalue weighted by molar-refractivity contribution is 0.0420. The molecule has 2 heterocycles. The van der Waals surface area contributed by atoms with Crippen LogP contribution >= 0.6 is 0 Å². The van der Waals surface area contributed by atoms with Gasteiger partial charge in [-0.05, 0) is 26.8 Å². The average molecular weight is 248 g/mol. The zero-order chi connectivity index (χ0) is 13.1. The summed E-state index contributed by atoms with van der Waals surface area (Å²) in [5.74, 6) is 0.00769. The summed E-state index contributed by atoms with van der Waals surface area (Å²) in [5.41, 5.74) is 0.481. The highest BCUT2D eigenvalue weighted by Gasteiger charge is 2.29. The van der Waals surface area contributed by atoms with Gasteiger partial charge in [0, 0.05) is 37.9 Å². The first-order valence-electron chi connectivity index (χ1n) is 6.40. The second-order valence-corrected chi connectivity index (χ2v) is 5.03. The van der Waals surface area contributed by atoms with Crippen molar-refractivity contribution >= 4 is 5.91 Å². The Hall–Kier alpha value is -1.49. The van der Waals surface area contributed by atoms with E-state index in [-0.39, 0.29) is 11.9 Å². The van der Waals surface area contributed by atoms with E-state index in [4.69, 9.17) is 0 Å². The van der Waals surface area contributed by atoms with Crippen LogP contribution in [-0.4, -0.2) is 57.4 Å². The first-order chi connectivity index (χ1) is 8.59. The summed E-state index contributed by atoms with van der Waals surface area (Å²) in [6.07, 6.45) is 3.03. The van der Waals surface area contributed by atoms with Crippen molar-refractivity contribution in [3.05, 3.63) is 24.3 Å². The number of hydrogen-bond acceptors (Lipinski definition) is 4. The fourth-order valence-electron chi connectivity index (χ4n) is 2.32. The van der Waals surface area contributed by atoms with Gasteiger partial charge in [0.15, 0.2) is 0 Å². The molecule has 1 saturated heterocycles. The maximum absolute atomic E-state index is 12.3. The minimum atomic E-state index is 0.00769. The van der Waals surface area contributed by atoms with Gasteiger partial charge in [-0.1, -0.05) is 0 Å². The van der Waals surface area contributed by atoms with Crippen LogP contribution in [0.4, 0.5) is 0 Å². The summed E-state index contributed by atoms with van der Waals surface area (Å²) in [6.45, 7) is 9.09. The molecule has 0 aliphatic carbocycles. The van der Waals surface area contributed by atoms with Crippen LogP contribution in [0.25, 0.3) is 0 Å². The normalized spacial score (nSPS) is 21.3. The smallest absolute Gasteiger partial charge is 0.272 e. The molecule has 5 heteroatoms. The first-order valence-corrected chi connectivity index (χ1v) is 6.40. The van der Waals surface area contributed by atoms with Gasteiger partial charge in [0.05, 0.1) is 0 Å². The van der Waals surface area contributed by atoms with Crippen LogP contribution in [0.1, 0.15) is 31.3 Å². The van der Waals surface area contributed by atoms with Gasteiger partial charge in [-0.15, -0.1) is 0 Å². The molecule has 98 valence electrons. The monoisotopic (exact) mass is 248 g/mol. The van der Waals surface area contributed by atoms with Crippen LogP contribution in [0, 0.1) is 0 Å². The quantitative estimate of drug-likeness (QED) is 0.784. The summed E-state index contributed by atoms with van der Waals surface area (Å²) < 4.78 is 0. The van der Waals surface area contributed by atoms with Crippen molar-refractivity contribution in [1.82, 2.24) is 19.8 Å². The molecule has 1 unspecified atom stereocenters. The van der Waals surface area contributed by atoms with E-state index in [1.807, 2.05) is 4.90 Å². The van der Waals surface area contributed by atoms with Gasteiger partial charge in [-0.3, -0.25) is 9.69 Å². The van der Waals surface area contributed by atoms with Crippen molar-refractivity contribution < 1.29 is 4.79 Å². The molecular formula is C13H20N4O. The molecule has 0 N–H and O–H groups in total. The molecule has 1 amide bonds. The van der Waals surface area contributed by atoms with Crippen molar-refractivity contribution in [1.29, 1.82) is 0 Å². The molecule has 1 aromatic heterocycles. The standard InChI is InChI=1S/C13H20N4O/c1-10(2)16-6-7-17(11(3)8-16)13(18)12-4-5-14-9-15-12/h4-5,9-11H,6-8H2,1-3H3. The average Bonchev–Trinajstić information content (AvgIpc) is 2.38. The number of nitrogens with zero attached hydrogens (tertiary/aromatic N) is 4. The molecule has 1 fully saturated rings. The number of carbonyl (C=O) groups excluding carboxylic acids is 1. The van der Waals surface area contributed by atoms with Crippen LogP contribution in [-0.2, 0) is 0 Å². The number of rotatable bonds is 2. The minimum Gasteiger partial charge on any atom is -0.332 e. The fourth-order valence-corrected chi connectivity index (χ4v) is 2.32. The van der Waals surface area contributed by atoms with Gasteiger partial charge in [-0.2, -0.15) is 0 Å². The third-order valence-electron chi connectivity index (χ3n) is 3.45. The van der Waals surface area contributed by atoms with Gasteiger partial charge in [-0.25, -0.2) is 9.97 Å². The molecule has 0 radical (unpaired) electrons. The highest BCUT2D eigenvalue weighted by molar-refractivity contribution is 5.92. The lowest BCUT2D eigenvalue weighted by atomic mass is 10.1. The summed E-state index contributed by atoms with van der Waals surface area (Å²) in [6, 6.07) is 2.43. The molecule has 0 bridgehead atoms. The van der Waals surface area contributed by atoms with E-state index in [0.717, 1.165) is 19.6 Å². The zero-order valence-corrected chi connectivity index (χ0v) is 11.2. The van der Waals surface area contributed by atoms with E-state index in [0.29, 0.717) is 11.7 Å². The van der Waals surface area contributed by atoms with Gasteiger partial charge in [0.1, 0.15) is 12.0 Å². The molecule has 1 aliphatic heterocycles. The van der Waals surface area contributed by atoms with E-state index in [2.05, 4.69) is 35.6 Å². The molecule has 0 saturated carbocycles. The van der Waals surface area contributed by atoms with Gasteiger partial charge >= 0.3 is 0 Å². The Morgan fingerprint density at radius 1 is 1.44 bits per heavy atom. The number of carbonyl (C=O) groups is 1. The van der Waals surface area contributed by atoms with E-state index in [9.17, 15) is 4.79 Å². The molecule has 18 heavy (non-hydrogen) atoms. The second kappa shape index (κ2) is 5.44. The number of aromatic nitrogens is 2. The third kappa shape index (κ3) is 2.67. The Labute approximate surface area is 108 Å². The Morgan fingerprint density at radius 2 is 2.22 bits per heavy atom. The molecule has 0 spiro atoms. The van der Waals surface area contributed by atoms with Crippen molar-refractivity contribution in [2.45, 2.75) is 32.9 Å². The molecule has 2 rings (SSSR count). The van der Waals surface area contributed by atoms with Gasteiger partial charge in [0.2, 0.25) is 0 Å². The first kappa shape index (κ1) is 13.0. The lowest BCUT2D eigenvalue weighted by Crippen LogP contribution is -2.55. The number of hydrogen-bond donors (Lipinski definition) is 0. The van der Waals surface area contributed by atoms with E-state index < -0.39 is 0 Å². The van der Waals surface area contributed by atoms with E-state index in [1.165, 1.54) is 6.33 Å². The molecule has 1 atom stereocenters. The SMILES string of the molecule is CC(C)N1CCN(C(=O)c2ccncn2)C(C)C1. The van der Waals surface area contributed by atoms with Crippen molar-refractivity contribution in [3.8, 4) is 0 Å². The highest BCUT2D eigenvalue weighted by atomic mass is 16.2. The Balaban J connectivity index is 2.05. The molecule has 1 aromatic rings. The van der Waals surface area contributed by atoms with Crippen LogP contribution in [0.3, 0.4) is 0 Å². The topological polar surface area (TPSA) is 49.3 Å². The van der Waals surface area contributed by atoms with E-state index in [1.54, 1.807) is 12.3 Å². The summed E-state index contributed by atoms with van der Waals surface area (Å²) in [7, 11) is 0. The van der Waals surface area contributed by atoms with Crippen molar-refractivity contribution in [2.75, 3.05) is 19.6 Å². The van der Waals surface area contributed by atoms with Crippen LogP contribution in [0.5, 0.6) is 0 Å². The Morgan fingerprint density at radius 3 is 2.78 bits per heavy atom. The molecule has 0 aromatic carbocycles. The molecule has 1 aliphatic rings. The fraction of sp³-hybridized carbons (Fsp3) is 0.615. The van der Waals surface area contributed by atoms with Crippen LogP contribution < -0.4 is 0 Å². The van der Waals surface area contributed by atoms with Crippen molar-refractivity contribution in [3.63, 3.8) is 0 Å². The predicted molar refractivity (Wildman–Crippen MR) is 69.2 cm³/mol. The summed E-state index contributed by atoms with van der Waals surface area (Å²) in [5, 5.41) is 0. The second-order valence-electron chi connectivity index (χ2n) is 5.03. The maximum Gasteiger partial charge on any atom is 0.272 e. The van der Waals surface area contributed by atoms with Gasteiger partial charge in [0.25, 0.3) is 5.91 Å². The number of piperazine rings is 1. The van der Waals surface area contributed by atoms with Gasteiger partial charge < -0.3 is 4.90 Å². The lowest BCUT2D eigenvalue weighted by Gasteiger charge is -2.41. The van der Waals surface area contributed by atoms with E-state index >= 15 is 0 Å². The largest absolute Gasteiger partial charge is 0.332 e.